The Balaban J connectivity index is 1.27. The fourth-order valence-corrected chi connectivity index (χ4v) is 10.9. The highest BCUT2D eigenvalue weighted by atomic mass is 16.5. The average molecular weight is 1160 g/mol. The van der Waals surface area contributed by atoms with Gasteiger partial charge in [-0.15, -0.1) is 0 Å². The Labute approximate surface area is 508 Å². The Morgan fingerprint density at radius 3 is 0.762 bits per heavy atom. The van der Waals surface area contributed by atoms with E-state index in [9.17, 15) is 0 Å². The second-order valence-electron chi connectivity index (χ2n) is 23.7. The Bertz CT molecular complexity index is 2410. The number of ether oxygens (including phenoxy) is 6. The SMILES string of the molecule is CCCCCCCCOc1cc(-c2nc3ccc(-c4ccc5nc(-c6cc(OCCCCCCCC)c(OCCCCCCCC)c(OCCCCCCCC)c6)oc5c4)cc3o2)cc(OCCCCCCCC)c1OCCCCCCCC. The van der Waals surface area contributed by atoms with Crippen molar-refractivity contribution in [2.45, 2.75) is 273 Å². The lowest BCUT2D eigenvalue weighted by Gasteiger charge is -2.18. The quantitative estimate of drug-likeness (QED) is 0.0343. The first kappa shape index (κ1) is 67.7. The second kappa shape index (κ2) is 41.6. The molecule has 84 heavy (non-hydrogen) atoms. The van der Waals surface area contributed by atoms with Gasteiger partial charge in [0.1, 0.15) is 11.0 Å². The average Bonchev–Trinajstić information content (AvgIpc) is 4.27. The van der Waals surface area contributed by atoms with Crippen molar-refractivity contribution in [3.05, 3.63) is 60.7 Å². The fraction of sp³-hybridized carbons (Fsp3) is 0.649. The van der Waals surface area contributed by atoms with E-state index < -0.39 is 0 Å². The minimum Gasteiger partial charge on any atom is -0.490 e. The predicted octanol–water partition coefficient (Wildman–Crippen LogP) is 23.4. The first-order valence-electron chi connectivity index (χ1n) is 34.4. The van der Waals surface area contributed by atoms with Gasteiger partial charge in [0.15, 0.2) is 34.2 Å². The molecule has 2 heterocycles. The maximum atomic E-state index is 6.69. The van der Waals surface area contributed by atoms with Crippen LogP contribution in [0.4, 0.5) is 0 Å². The van der Waals surface area contributed by atoms with Gasteiger partial charge in [-0.1, -0.05) is 246 Å². The molecule has 0 saturated carbocycles. The zero-order chi connectivity index (χ0) is 59.1. The molecule has 6 aromatic rings. The lowest BCUT2D eigenvalue weighted by molar-refractivity contribution is 0.234. The first-order chi connectivity index (χ1) is 41.5. The summed E-state index contributed by atoms with van der Waals surface area (Å²) in [6.45, 7) is 17.2. The molecule has 0 bridgehead atoms. The minimum absolute atomic E-state index is 0.512. The maximum Gasteiger partial charge on any atom is 0.227 e. The van der Waals surface area contributed by atoms with Gasteiger partial charge < -0.3 is 37.3 Å². The third-order valence-corrected chi connectivity index (χ3v) is 16.2. The van der Waals surface area contributed by atoms with Crippen molar-refractivity contribution in [1.82, 2.24) is 9.97 Å². The van der Waals surface area contributed by atoms with Gasteiger partial charge in [-0.2, -0.15) is 0 Å². The molecule has 0 unspecified atom stereocenters. The number of nitrogens with zero attached hydrogens (tertiary/aromatic N) is 2. The molecule has 6 rings (SSSR count). The molecule has 0 atom stereocenters. The van der Waals surface area contributed by atoms with Crippen molar-refractivity contribution in [2.75, 3.05) is 39.6 Å². The van der Waals surface area contributed by atoms with E-state index in [-0.39, 0.29) is 0 Å². The van der Waals surface area contributed by atoms with Crippen LogP contribution in [0, 0.1) is 0 Å². The molecule has 0 aliphatic rings. The summed E-state index contributed by atoms with van der Waals surface area (Å²) in [7, 11) is 0. The van der Waals surface area contributed by atoms with Gasteiger partial charge in [-0.3, -0.25) is 0 Å². The zero-order valence-corrected chi connectivity index (χ0v) is 53.6. The van der Waals surface area contributed by atoms with Crippen LogP contribution in [0.2, 0.25) is 0 Å². The Morgan fingerprint density at radius 2 is 0.500 bits per heavy atom. The van der Waals surface area contributed by atoms with Gasteiger partial charge in [0, 0.05) is 11.1 Å². The summed E-state index contributed by atoms with van der Waals surface area (Å²) in [5.74, 6) is 5.16. The van der Waals surface area contributed by atoms with Gasteiger partial charge >= 0.3 is 0 Å². The smallest absolute Gasteiger partial charge is 0.227 e. The summed E-state index contributed by atoms with van der Waals surface area (Å²) in [5, 5.41) is 0. The van der Waals surface area contributed by atoms with E-state index in [1.807, 2.05) is 36.4 Å². The standard InChI is InChI=1S/C74H112N2O8/c1-7-13-19-25-31-37-47-77-67-55-61(56-68(78-48-38-32-26-20-14-8-2)71(67)81-51-41-35-29-23-17-11-5)73-75-63-45-43-59(53-65(63)83-73)60-44-46-64-66(54-60)84-74(76-64)62-57-69(79-49-39-33-27-21-15-9-3)72(82-52-42-36-30-24-18-12-6)70(58-62)80-50-40-34-28-22-16-10-4/h43-46,53-58H,7-42,47-52H2,1-6H3. The van der Waals surface area contributed by atoms with Crippen LogP contribution in [0.25, 0.3) is 56.2 Å². The van der Waals surface area contributed by atoms with Crippen LogP contribution < -0.4 is 28.4 Å². The highest BCUT2D eigenvalue weighted by Crippen LogP contribution is 2.45. The Morgan fingerprint density at radius 1 is 0.262 bits per heavy atom. The van der Waals surface area contributed by atoms with E-state index in [4.69, 9.17) is 47.2 Å². The molecule has 10 nitrogen and oxygen atoms in total. The number of hydrogen-bond donors (Lipinski definition) is 0. The Hall–Kier alpha value is -5.38. The van der Waals surface area contributed by atoms with Crippen molar-refractivity contribution < 1.29 is 37.3 Å². The van der Waals surface area contributed by atoms with E-state index in [1.165, 1.54) is 154 Å². The second-order valence-corrected chi connectivity index (χ2v) is 23.7. The summed E-state index contributed by atoms with van der Waals surface area (Å²) in [6, 6.07) is 20.6. The molecule has 0 radical (unpaired) electrons. The van der Waals surface area contributed by atoms with E-state index in [2.05, 4.69) is 65.8 Å². The van der Waals surface area contributed by atoms with Crippen molar-refractivity contribution in [1.29, 1.82) is 0 Å². The summed E-state index contributed by atoms with van der Waals surface area (Å²) >= 11 is 0. The molecule has 0 amide bonds. The lowest BCUT2D eigenvalue weighted by Crippen LogP contribution is -2.07. The molecule has 0 aliphatic carbocycles. The van der Waals surface area contributed by atoms with E-state index in [0.29, 0.717) is 97.1 Å². The van der Waals surface area contributed by atoms with Crippen LogP contribution in [0.3, 0.4) is 0 Å². The molecule has 0 fully saturated rings. The largest absolute Gasteiger partial charge is 0.490 e. The van der Waals surface area contributed by atoms with Crippen molar-refractivity contribution in [3.63, 3.8) is 0 Å². The Kier molecular flexibility index (Phi) is 33.6. The van der Waals surface area contributed by atoms with E-state index in [1.54, 1.807) is 0 Å². The molecule has 0 aliphatic heterocycles. The predicted molar refractivity (Wildman–Crippen MR) is 351 cm³/mol. The number of rotatable bonds is 51. The normalized spacial score (nSPS) is 11.5. The van der Waals surface area contributed by atoms with Gasteiger partial charge in [0.05, 0.1) is 39.6 Å². The van der Waals surface area contributed by atoms with Gasteiger partial charge in [-0.25, -0.2) is 9.97 Å². The van der Waals surface area contributed by atoms with Gasteiger partial charge in [0.25, 0.3) is 0 Å². The third kappa shape index (κ3) is 24.2. The molecular weight excluding hydrogens is 1040 g/mol. The van der Waals surface area contributed by atoms with Crippen LogP contribution in [0.15, 0.2) is 69.5 Å². The highest BCUT2D eigenvalue weighted by molar-refractivity contribution is 5.87. The molecule has 2 aromatic heterocycles. The molecule has 4 aromatic carbocycles. The van der Waals surface area contributed by atoms with Crippen LogP contribution in [0.1, 0.15) is 273 Å². The third-order valence-electron chi connectivity index (χ3n) is 16.2. The fourth-order valence-electron chi connectivity index (χ4n) is 10.9. The summed E-state index contributed by atoms with van der Waals surface area (Å²) in [5.41, 5.74) is 6.49. The number of fused-ring (bicyclic) bond motifs is 2. The zero-order valence-electron chi connectivity index (χ0n) is 53.6. The number of aromatic nitrogens is 2. The van der Waals surface area contributed by atoms with Crippen molar-refractivity contribution in [3.8, 4) is 68.5 Å². The van der Waals surface area contributed by atoms with Crippen molar-refractivity contribution in [2.24, 2.45) is 0 Å². The van der Waals surface area contributed by atoms with Gasteiger partial charge in [0.2, 0.25) is 23.3 Å². The van der Waals surface area contributed by atoms with Crippen LogP contribution >= 0.6 is 0 Å². The molecule has 0 saturated heterocycles. The summed E-state index contributed by atoms with van der Waals surface area (Å²) in [4.78, 5) is 10.1. The van der Waals surface area contributed by atoms with Crippen LogP contribution in [0.5, 0.6) is 34.5 Å². The number of hydrogen-bond acceptors (Lipinski definition) is 10. The van der Waals surface area contributed by atoms with E-state index in [0.717, 1.165) is 110 Å². The summed E-state index contributed by atoms with van der Waals surface area (Å²) < 4.78 is 53.3. The van der Waals surface area contributed by atoms with Crippen molar-refractivity contribution >= 4 is 22.2 Å². The minimum atomic E-state index is 0.512. The number of unbranched alkanes of at least 4 members (excludes halogenated alkanes) is 30. The molecular formula is C74H112N2O8. The maximum absolute atomic E-state index is 6.69. The molecule has 0 N–H and O–H groups in total. The number of benzene rings is 4. The first-order valence-corrected chi connectivity index (χ1v) is 34.4. The molecule has 466 valence electrons. The lowest BCUT2D eigenvalue weighted by atomic mass is 10.1. The van der Waals surface area contributed by atoms with E-state index >= 15 is 0 Å². The summed E-state index contributed by atoms with van der Waals surface area (Å²) in [6.07, 6.45) is 42.8. The van der Waals surface area contributed by atoms with Crippen LogP contribution in [-0.4, -0.2) is 49.6 Å². The van der Waals surface area contributed by atoms with Crippen LogP contribution in [-0.2, 0) is 0 Å². The molecule has 10 heteroatoms. The van der Waals surface area contributed by atoms with Gasteiger partial charge in [-0.05, 0) is 98.2 Å². The monoisotopic (exact) mass is 1160 g/mol. The topological polar surface area (TPSA) is 107 Å². The molecule has 0 spiro atoms. The number of oxazole rings is 2. The highest BCUT2D eigenvalue weighted by Gasteiger charge is 2.22.